The van der Waals surface area contributed by atoms with E-state index in [9.17, 15) is 9.50 Å². The summed E-state index contributed by atoms with van der Waals surface area (Å²) in [5.74, 6) is 0.612. The number of halogens is 1. The molecule has 31 heavy (non-hydrogen) atoms. The van der Waals surface area contributed by atoms with Crippen molar-refractivity contribution in [1.29, 1.82) is 0 Å². The van der Waals surface area contributed by atoms with E-state index in [0.29, 0.717) is 34.7 Å². The molecule has 2 heterocycles. The highest BCUT2D eigenvalue weighted by molar-refractivity contribution is 5.98. The van der Waals surface area contributed by atoms with Crippen LogP contribution in [0.1, 0.15) is 31.7 Å². The lowest BCUT2D eigenvalue weighted by Crippen LogP contribution is -2.23. The Morgan fingerprint density at radius 2 is 1.87 bits per heavy atom. The first-order chi connectivity index (χ1) is 15.1. The van der Waals surface area contributed by atoms with Crippen LogP contribution in [0.5, 0.6) is 11.5 Å². The zero-order valence-corrected chi connectivity index (χ0v) is 16.8. The zero-order valence-electron chi connectivity index (χ0n) is 16.8. The molecule has 3 N–H and O–H groups in total. The van der Waals surface area contributed by atoms with Gasteiger partial charge < -0.3 is 15.6 Å². The number of nitrogens with zero attached hydrogens (tertiary/aromatic N) is 4. The standard InChI is InChI=1S/C23H22FN5O2/c24-18-6-1-2-7-19(18)31-17-10-8-14(9-11-17)21-20-22(25)26-13-27-23(20)29(28-21)15-4-3-5-16(30)12-15/h1-2,6-11,13,15-16,30H,3-5,12H2,(H2,25,26,27)/t15-,16-/m1/s1. The molecule has 0 amide bonds. The number of hydrogen-bond acceptors (Lipinski definition) is 6. The first-order valence-electron chi connectivity index (χ1n) is 10.3. The molecule has 1 aliphatic rings. The number of aliphatic hydroxyl groups excluding tert-OH is 1. The fourth-order valence-corrected chi connectivity index (χ4v) is 4.15. The fraction of sp³-hybridized carbons (Fsp3) is 0.261. The summed E-state index contributed by atoms with van der Waals surface area (Å²) >= 11 is 0. The maximum atomic E-state index is 13.9. The van der Waals surface area contributed by atoms with Crippen molar-refractivity contribution in [3.8, 4) is 22.8 Å². The zero-order chi connectivity index (χ0) is 21.4. The van der Waals surface area contributed by atoms with E-state index in [1.165, 1.54) is 12.4 Å². The van der Waals surface area contributed by atoms with Gasteiger partial charge >= 0.3 is 0 Å². The summed E-state index contributed by atoms with van der Waals surface area (Å²) in [6, 6.07) is 13.5. The van der Waals surface area contributed by atoms with E-state index in [1.807, 2.05) is 16.8 Å². The van der Waals surface area contributed by atoms with Crippen molar-refractivity contribution in [3.63, 3.8) is 0 Å². The maximum Gasteiger partial charge on any atom is 0.165 e. The summed E-state index contributed by atoms with van der Waals surface area (Å²) in [5.41, 5.74) is 8.35. The predicted molar refractivity (Wildman–Crippen MR) is 115 cm³/mol. The molecular formula is C23H22FN5O2. The number of rotatable bonds is 4. The van der Waals surface area contributed by atoms with Crippen LogP contribution >= 0.6 is 0 Å². The molecule has 0 bridgehead atoms. The quantitative estimate of drug-likeness (QED) is 0.506. The summed E-state index contributed by atoms with van der Waals surface area (Å²) in [7, 11) is 0. The highest BCUT2D eigenvalue weighted by Crippen LogP contribution is 2.36. The van der Waals surface area contributed by atoms with Gasteiger partial charge in [-0.1, -0.05) is 12.1 Å². The highest BCUT2D eigenvalue weighted by atomic mass is 19.1. The molecule has 2 aromatic carbocycles. The van der Waals surface area contributed by atoms with Gasteiger partial charge in [0.05, 0.1) is 17.5 Å². The van der Waals surface area contributed by atoms with Gasteiger partial charge in [0.25, 0.3) is 0 Å². The lowest BCUT2D eigenvalue weighted by Gasteiger charge is -2.26. The Balaban J connectivity index is 1.52. The lowest BCUT2D eigenvalue weighted by molar-refractivity contribution is 0.101. The Kier molecular flexibility index (Phi) is 4.99. The third-order valence-electron chi connectivity index (χ3n) is 5.68. The Morgan fingerprint density at radius 1 is 1.06 bits per heavy atom. The molecule has 1 fully saturated rings. The van der Waals surface area contributed by atoms with Crippen LogP contribution < -0.4 is 10.5 Å². The van der Waals surface area contributed by atoms with Gasteiger partial charge in [-0.25, -0.2) is 19.0 Å². The SMILES string of the molecule is Nc1ncnc2c1c(-c1ccc(Oc3ccccc3F)cc1)nn2[C@@H]1CCC[C@@H](O)C1. The second-order valence-electron chi connectivity index (χ2n) is 7.78. The Morgan fingerprint density at radius 3 is 2.65 bits per heavy atom. The minimum atomic E-state index is -0.420. The van der Waals surface area contributed by atoms with Gasteiger partial charge in [0, 0.05) is 5.56 Å². The van der Waals surface area contributed by atoms with Crippen LogP contribution in [-0.4, -0.2) is 31.0 Å². The largest absolute Gasteiger partial charge is 0.454 e. The van der Waals surface area contributed by atoms with Crippen molar-refractivity contribution in [2.45, 2.75) is 37.8 Å². The Hall–Kier alpha value is -3.52. The molecule has 7 nitrogen and oxygen atoms in total. The van der Waals surface area contributed by atoms with E-state index in [0.717, 1.165) is 24.8 Å². The highest BCUT2D eigenvalue weighted by Gasteiger charge is 2.26. The molecule has 0 radical (unpaired) electrons. The number of benzene rings is 2. The van der Waals surface area contributed by atoms with Crippen LogP contribution in [0.3, 0.4) is 0 Å². The number of fused-ring (bicyclic) bond motifs is 1. The summed E-state index contributed by atoms with van der Waals surface area (Å²) in [6.45, 7) is 0. The molecule has 0 unspecified atom stereocenters. The topological polar surface area (TPSA) is 99.1 Å². The molecule has 5 rings (SSSR count). The van der Waals surface area contributed by atoms with Crippen LogP contribution in [0.25, 0.3) is 22.3 Å². The molecule has 0 spiro atoms. The van der Waals surface area contributed by atoms with E-state index in [2.05, 4.69) is 9.97 Å². The van der Waals surface area contributed by atoms with Crippen molar-refractivity contribution in [2.24, 2.45) is 0 Å². The monoisotopic (exact) mass is 419 g/mol. The summed E-state index contributed by atoms with van der Waals surface area (Å²) < 4.78 is 21.4. The molecule has 1 aliphatic carbocycles. The van der Waals surface area contributed by atoms with Gasteiger partial charge in [0.15, 0.2) is 17.2 Å². The molecule has 2 aromatic heterocycles. The number of ether oxygens (including phenoxy) is 1. The van der Waals surface area contributed by atoms with Crippen LogP contribution in [-0.2, 0) is 0 Å². The second-order valence-corrected chi connectivity index (χ2v) is 7.78. The number of aromatic nitrogens is 4. The number of nitrogen functional groups attached to an aromatic ring is 1. The third kappa shape index (κ3) is 3.70. The van der Waals surface area contributed by atoms with Crippen molar-refractivity contribution in [3.05, 3.63) is 60.7 Å². The molecular weight excluding hydrogens is 397 g/mol. The van der Waals surface area contributed by atoms with Crippen molar-refractivity contribution < 1.29 is 14.2 Å². The minimum Gasteiger partial charge on any atom is -0.454 e. The fourth-order valence-electron chi connectivity index (χ4n) is 4.15. The molecule has 0 aliphatic heterocycles. The molecule has 1 saturated carbocycles. The van der Waals surface area contributed by atoms with Crippen molar-refractivity contribution >= 4 is 16.9 Å². The van der Waals surface area contributed by atoms with Crippen LogP contribution in [0.4, 0.5) is 10.2 Å². The van der Waals surface area contributed by atoms with Crippen molar-refractivity contribution in [2.75, 3.05) is 5.73 Å². The minimum absolute atomic E-state index is 0.0537. The molecule has 0 saturated heterocycles. The molecule has 8 heteroatoms. The van der Waals surface area contributed by atoms with E-state index in [4.69, 9.17) is 15.6 Å². The van der Waals surface area contributed by atoms with E-state index < -0.39 is 5.82 Å². The van der Waals surface area contributed by atoms with Crippen LogP contribution in [0.2, 0.25) is 0 Å². The van der Waals surface area contributed by atoms with E-state index in [-0.39, 0.29) is 17.9 Å². The first kappa shape index (κ1) is 19.4. The van der Waals surface area contributed by atoms with Gasteiger partial charge in [-0.3, -0.25) is 0 Å². The predicted octanol–water partition coefficient (Wildman–Crippen LogP) is 4.48. The Bertz CT molecular complexity index is 1220. The summed E-state index contributed by atoms with van der Waals surface area (Å²) in [6.07, 6.45) is 4.40. The van der Waals surface area contributed by atoms with E-state index in [1.54, 1.807) is 30.3 Å². The summed E-state index contributed by atoms with van der Waals surface area (Å²) in [5, 5.41) is 15.6. The molecule has 158 valence electrons. The Labute approximate surface area is 178 Å². The van der Waals surface area contributed by atoms with Gasteiger partial charge in [0.1, 0.15) is 23.6 Å². The molecule has 4 aromatic rings. The number of anilines is 1. The molecule has 2 atom stereocenters. The number of aliphatic hydroxyl groups is 1. The summed E-state index contributed by atoms with van der Waals surface area (Å²) in [4.78, 5) is 8.58. The van der Waals surface area contributed by atoms with Gasteiger partial charge in [-0.05, 0) is 62.1 Å². The first-order valence-corrected chi connectivity index (χ1v) is 10.3. The van der Waals surface area contributed by atoms with Crippen LogP contribution in [0.15, 0.2) is 54.9 Å². The third-order valence-corrected chi connectivity index (χ3v) is 5.68. The average Bonchev–Trinajstić information content (AvgIpc) is 3.17. The van der Waals surface area contributed by atoms with E-state index >= 15 is 0 Å². The van der Waals surface area contributed by atoms with Crippen LogP contribution in [0, 0.1) is 5.82 Å². The van der Waals surface area contributed by atoms with Gasteiger partial charge in [-0.2, -0.15) is 5.10 Å². The number of nitrogens with two attached hydrogens (primary N) is 1. The van der Waals surface area contributed by atoms with Crippen molar-refractivity contribution in [1.82, 2.24) is 19.7 Å². The number of para-hydroxylation sites is 1. The maximum absolute atomic E-state index is 13.9. The smallest absolute Gasteiger partial charge is 0.165 e. The second kappa shape index (κ2) is 7.96. The van der Waals surface area contributed by atoms with Gasteiger partial charge in [0.2, 0.25) is 0 Å². The average molecular weight is 419 g/mol. The van der Waals surface area contributed by atoms with Gasteiger partial charge in [-0.15, -0.1) is 0 Å². The normalized spacial score (nSPS) is 18.9. The lowest BCUT2D eigenvalue weighted by atomic mass is 9.93. The number of hydrogen-bond donors (Lipinski definition) is 2.